The highest BCUT2D eigenvalue weighted by Gasteiger charge is 2.42. The van der Waals surface area contributed by atoms with Crippen LogP contribution in [-0.4, -0.2) is 43.5 Å². The molecule has 2 aliphatic rings. The summed E-state index contributed by atoms with van der Waals surface area (Å²) in [5.74, 6) is 1.70. The Labute approximate surface area is 113 Å². The van der Waals surface area contributed by atoms with Crippen LogP contribution in [0.3, 0.4) is 0 Å². The molecule has 3 rings (SSSR count). The highest BCUT2D eigenvalue weighted by Crippen LogP contribution is 2.45. The maximum absolute atomic E-state index is 9.34. The van der Waals surface area contributed by atoms with E-state index in [4.69, 9.17) is 9.47 Å². The minimum Gasteiger partial charge on any atom is -0.454 e. The van der Waals surface area contributed by atoms with Gasteiger partial charge in [0.1, 0.15) is 0 Å². The van der Waals surface area contributed by atoms with Crippen LogP contribution in [0.4, 0.5) is 0 Å². The van der Waals surface area contributed by atoms with Gasteiger partial charge in [-0.2, -0.15) is 0 Å². The first kappa shape index (κ1) is 12.8. The van der Waals surface area contributed by atoms with E-state index in [1.165, 1.54) is 5.56 Å². The molecular formula is C15H21NO3. The third kappa shape index (κ3) is 2.85. The van der Waals surface area contributed by atoms with E-state index in [0.717, 1.165) is 43.9 Å². The van der Waals surface area contributed by atoms with Crippen LogP contribution in [-0.2, 0) is 6.42 Å². The van der Waals surface area contributed by atoms with Crippen molar-refractivity contribution in [2.75, 3.05) is 33.5 Å². The largest absolute Gasteiger partial charge is 0.454 e. The minimum absolute atomic E-state index is 0.198. The van der Waals surface area contributed by atoms with E-state index in [0.29, 0.717) is 13.4 Å². The molecule has 104 valence electrons. The fourth-order valence-corrected chi connectivity index (χ4v) is 2.61. The van der Waals surface area contributed by atoms with Gasteiger partial charge in [-0.25, -0.2) is 0 Å². The van der Waals surface area contributed by atoms with Crippen molar-refractivity contribution in [2.45, 2.75) is 19.3 Å². The van der Waals surface area contributed by atoms with Gasteiger partial charge in [0.25, 0.3) is 0 Å². The minimum atomic E-state index is 0.198. The molecule has 0 unspecified atom stereocenters. The van der Waals surface area contributed by atoms with Gasteiger partial charge in [-0.15, -0.1) is 0 Å². The molecule has 0 aromatic heterocycles. The normalized spacial score (nSPS) is 18.9. The first-order chi connectivity index (χ1) is 9.21. The Morgan fingerprint density at radius 2 is 2.05 bits per heavy atom. The molecule has 4 nitrogen and oxygen atoms in total. The van der Waals surface area contributed by atoms with Crippen LogP contribution in [0.1, 0.15) is 18.4 Å². The predicted molar refractivity (Wildman–Crippen MR) is 72.5 cm³/mol. The zero-order chi connectivity index (χ0) is 13.3. The van der Waals surface area contributed by atoms with Crippen LogP contribution in [0.5, 0.6) is 11.5 Å². The summed E-state index contributed by atoms with van der Waals surface area (Å²) in [5.41, 5.74) is 1.47. The lowest BCUT2D eigenvalue weighted by atomic mass is 10.1. The Kier molecular flexibility index (Phi) is 3.37. The van der Waals surface area contributed by atoms with Crippen LogP contribution < -0.4 is 9.47 Å². The number of ether oxygens (including phenoxy) is 2. The van der Waals surface area contributed by atoms with Crippen molar-refractivity contribution in [3.63, 3.8) is 0 Å². The monoisotopic (exact) mass is 263 g/mol. The zero-order valence-electron chi connectivity index (χ0n) is 11.4. The van der Waals surface area contributed by atoms with E-state index in [1.807, 2.05) is 6.07 Å². The third-order valence-electron chi connectivity index (χ3n) is 4.12. The first-order valence-electron chi connectivity index (χ1n) is 6.89. The van der Waals surface area contributed by atoms with Crippen molar-refractivity contribution in [2.24, 2.45) is 5.41 Å². The third-order valence-corrected chi connectivity index (χ3v) is 4.12. The molecule has 1 saturated carbocycles. The number of fused-ring (bicyclic) bond motifs is 1. The Morgan fingerprint density at radius 3 is 2.79 bits per heavy atom. The van der Waals surface area contributed by atoms with Gasteiger partial charge >= 0.3 is 0 Å². The quantitative estimate of drug-likeness (QED) is 0.847. The number of hydrogen-bond donors (Lipinski definition) is 1. The Hall–Kier alpha value is -1.26. The van der Waals surface area contributed by atoms with Crippen molar-refractivity contribution < 1.29 is 14.6 Å². The van der Waals surface area contributed by atoms with Gasteiger partial charge in [-0.3, -0.25) is 0 Å². The van der Waals surface area contributed by atoms with E-state index >= 15 is 0 Å². The molecule has 0 amide bonds. The van der Waals surface area contributed by atoms with Crippen molar-refractivity contribution in [1.82, 2.24) is 4.90 Å². The molecule has 4 heteroatoms. The lowest BCUT2D eigenvalue weighted by molar-refractivity contribution is 0.165. The summed E-state index contributed by atoms with van der Waals surface area (Å²) >= 11 is 0. The summed E-state index contributed by atoms with van der Waals surface area (Å²) in [6.45, 7) is 2.65. The molecule has 19 heavy (non-hydrogen) atoms. The summed E-state index contributed by atoms with van der Waals surface area (Å²) < 4.78 is 10.7. The lowest BCUT2D eigenvalue weighted by Crippen LogP contribution is -2.30. The second kappa shape index (κ2) is 5.02. The van der Waals surface area contributed by atoms with E-state index in [-0.39, 0.29) is 5.41 Å². The second-order valence-electron chi connectivity index (χ2n) is 5.83. The van der Waals surface area contributed by atoms with Crippen LogP contribution in [0.15, 0.2) is 18.2 Å². The Morgan fingerprint density at radius 1 is 1.26 bits per heavy atom. The molecule has 0 radical (unpaired) electrons. The predicted octanol–water partition coefficient (Wildman–Crippen LogP) is 1.66. The number of nitrogens with zero attached hydrogens (tertiary/aromatic N) is 1. The maximum atomic E-state index is 9.34. The molecule has 1 fully saturated rings. The smallest absolute Gasteiger partial charge is 0.231 e. The van der Waals surface area contributed by atoms with Gasteiger partial charge in [0.15, 0.2) is 11.5 Å². The number of hydrogen-bond acceptors (Lipinski definition) is 4. The van der Waals surface area contributed by atoms with Crippen LogP contribution in [0.2, 0.25) is 0 Å². The lowest BCUT2D eigenvalue weighted by Gasteiger charge is -2.22. The number of rotatable bonds is 6. The molecule has 1 heterocycles. The molecule has 1 N–H and O–H groups in total. The van der Waals surface area contributed by atoms with Gasteiger partial charge in [-0.05, 0) is 44.0 Å². The average molecular weight is 263 g/mol. The van der Waals surface area contributed by atoms with Crippen molar-refractivity contribution in [1.29, 1.82) is 0 Å². The number of benzene rings is 1. The highest BCUT2D eigenvalue weighted by molar-refractivity contribution is 5.44. The first-order valence-corrected chi connectivity index (χ1v) is 6.89. The fraction of sp³-hybridized carbons (Fsp3) is 0.600. The van der Waals surface area contributed by atoms with Crippen LogP contribution >= 0.6 is 0 Å². The van der Waals surface area contributed by atoms with Crippen molar-refractivity contribution in [3.05, 3.63) is 23.8 Å². The van der Waals surface area contributed by atoms with E-state index in [1.54, 1.807) is 0 Å². The van der Waals surface area contributed by atoms with Gasteiger partial charge in [0, 0.05) is 25.1 Å². The molecule has 0 bridgehead atoms. The van der Waals surface area contributed by atoms with E-state index in [9.17, 15) is 5.11 Å². The maximum Gasteiger partial charge on any atom is 0.231 e. The van der Waals surface area contributed by atoms with Gasteiger partial charge in [0.2, 0.25) is 6.79 Å². The van der Waals surface area contributed by atoms with Crippen molar-refractivity contribution in [3.8, 4) is 11.5 Å². The topological polar surface area (TPSA) is 41.9 Å². The molecule has 0 saturated heterocycles. The SMILES string of the molecule is CN(CCc1ccc2c(c1)OCO2)CC1(CO)CC1. The number of likely N-dealkylation sites (N-methyl/N-ethyl adjacent to an activating group) is 1. The molecule has 0 spiro atoms. The van der Waals surface area contributed by atoms with Crippen LogP contribution in [0, 0.1) is 5.41 Å². The summed E-state index contributed by atoms with van der Waals surface area (Å²) in [6.07, 6.45) is 3.32. The molecular weight excluding hydrogens is 242 g/mol. The van der Waals surface area contributed by atoms with Gasteiger partial charge < -0.3 is 19.5 Å². The zero-order valence-corrected chi connectivity index (χ0v) is 11.4. The molecule has 1 aliphatic carbocycles. The van der Waals surface area contributed by atoms with E-state index in [2.05, 4.69) is 24.1 Å². The summed E-state index contributed by atoms with van der Waals surface area (Å²) in [4.78, 5) is 2.31. The molecule has 1 aromatic rings. The number of aliphatic hydroxyl groups excluding tert-OH is 1. The van der Waals surface area contributed by atoms with Crippen LogP contribution in [0.25, 0.3) is 0 Å². The molecule has 0 atom stereocenters. The summed E-state index contributed by atoms with van der Waals surface area (Å²) in [7, 11) is 2.13. The van der Waals surface area contributed by atoms with Crippen molar-refractivity contribution >= 4 is 0 Å². The highest BCUT2D eigenvalue weighted by atomic mass is 16.7. The fourth-order valence-electron chi connectivity index (χ4n) is 2.61. The summed E-state index contributed by atoms with van der Waals surface area (Å²) in [5, 5.41) is 9.34. The molecule has 1 aromatic carbocycles. The number of aliphatic hydroxyl groups is 1. The van der Waals surface area contributed by atoms with Gasteiger partial charge in [-0.1, -0.05) is 6.07 Å². The second-order valence-corrected chi connectivity index (χ2v) is 5.83. The Bertz CT molecular complexity index is 457. The van der Waals surface area contributed by atoms with Gasteiger partial charge in [0.05, 0.1) is 0 Å². The average Bonchev–Trinajstić information content (AvgIpc) is 3.03. The standard InChI is InChI=1S/C15H21NO3/c1-16(9-15(10-17)5-6-15)7-4-12-2-3-13-14(8-12)19-11-18-13/h2-3,8,17H,4-7,9-11H2,1H3. The summed E-state index contributed by atoms with van der Waals surface area (Å²) in [6, 6.07) is 6.14. The Balaban J connectivity index is 1.51. The van der Waals surface area contributed by atoms with E-state index < -0.39 is 0 Å². The molecule has 1 aliphatic heterocycles.